The molecule has 4 aromatic rings. The van der Waals surface area contributed by atoms with Crippen LogP contribution in [0.3, 0.4) is 0 Å². The molecule has 0 unspecified atom stereocenters. The lowest BCUT2D eigenvalue weighted by atomic mass is 10.2. The van der Waals surface area contributed by atoms with Crippen LogP contribution >= 0.6 is 23.2 Å². The minimum absolute atomic E-state index is 0.133. The van der Waals surface area contributed by atoms with Crippen LogP contribution in [0, 0.1) is 6.92 Å². The standard InChI is InChI=1S/C20H16Cl2N8O/c1-13-17(19(22)30(26-13)16-9-5-8-15(21)10-16)11-23-24-18(31)12-29-27-20(25-28-29)14-6-3-2-4-7-14/h2-11H,12H2,1H3,(H,24,31)/b23-11+. The predicted molar refractivity (Wildman–Crippen MR) is 117 cm³/mol. The Hall–Kier alpha value is -3.56. The van der Waals surface area contributed by atoms with Crippen LogP contribution in [0.15, 0.2) is 59.7 Å². The fourth-order valence-electron chi connectivity index (χ4n) is 2.78. The van der Waals surface area contributed by atoms with Crippen molar-refractivity contribution in [2.24, 2.45) is 5.10 Å². The van der Waals surface area contributed by atoms with Gasteiger partial charge in [-0.05, 0) is 30.3 Å². The largest absolute Gasteiger partial charge is 0.271 e. The lowest BCUT2D eigenvalue weighted by molar-refractivity contribution is -0.122. The van der Waals surface area contributed by atoms with E-state index in [0.717, 1.165) is 11.3 Å². The molecule has 2 heterocycles. The molecule has 156 valence electrons. The smallest absolute Gasteiger partial charge is 0.263 e. The Morgan fingerprint density at radius 3 is 2.71 bits per heavy atom. The molecule has 2 aromatic heterocycles. The van der Waals surface area contributed by atoms with E-state index in [9.17, 15) is 4.79 Å². The number of rotatable bonds is 6. The van der Waals surface area contributed by atoms with Crippen molar-refractivity contribution in [2.75, 3.05) is 0 Å². The van der Waals surface area contributed by atoms with Gasteiger partial charge in [0.25, 0.3) is 5.91 Å². The average molecular weight is 455 g/mol. The number of aryl methyl sites for hydroxylation is 1. The molecule has 0 fully saturated rings. The van der Waals surface area contributed by atoms with Crippen molar-refractivity contribution in [3.63, 3.8) is 0 Å². The van der Waals surface area contributed by atoms with E-state index in [-0.39, 0.29) is 6.54 Å². The van der Waals surface area contributed by atoms with Gasteiger partial charge in [-0.25, -0.2) is 10.1 Å². The minimum Gasteiger partial charge on any atom is -0.271 e. The molecule has 2 aromatic carbocycles. The molecule has 4 rings (SSSR count). The van der Waals surface area contributed by atoms with E-state index in [4.69, 9.17) is 23.2 Å². The molecule has 0 spiro atoms. The average Bonchev–Trinajstić information content (AvgIpc) is 3.34. The van der Waals surface area contributed by atoms with Crippen molar-refractivity contribution in [1.82, 2.24) is 35.4 Å². The van der Waals surface area contributed by atoms with Crippen molar-refractivity contribution >= 4 is 35.3 Å². The van der Waals surface area contributed by atoms with E-state index in [0.29, 0.717) is 27.3 Å². The first kappa shape index (κ1) is 20.7. The normalized spacial score (nSPS) is 11.2. The Bertz CT molecular complexity index is 1250. The zero-order chi connectivity index (χ0) is 21.8. The fraction of sp³-hybridized carbons (Fsp3) is 0.100. The molecule has 0 aliphatic rings. The van der Waals surface area contributed by atoms with Crippen molar-refractivity contribution in [3.05, 3.63) is 76.0 Å². The van der Waals surface area contributed by atoms with E-state index in [1.54, 1.807) is 29.8 Å². The molecule has 9 nitrogen and oxygen atoms in total. The van der Waals surface area contributed by atoms with Crippen molar-refractivity contribution < 1.29 is 4.79 Å². The number of amides is 1. The maximum Gasteiger partial charge on any atom is 0.263 e. The van der Waals surface area contributed by atoms with Gasteiger partial charge in [0.1, 0.15) is 11.7 Å². The van der Waals surface area contributed by atoms with Crippen molar-refractivity contribution in [3.8, 4) is 17.1 Å². The van der Waals surface area contributed by atoms with Crippen LogP contribution < -0.4 is 5.43 Å². The van der Waals surface area contributed by atoms with Gasteiger partial charge in [-0.3, -0.25) is 4.79 Å². The van der Waals surface area contributed by atoms with Crippen LogP contribution in [0.25, 0.3) is 17.1 Å². The molecular weight excluding hydrogens is 439 g/mol. The van der Waals surface area contributed by atoms with Gasteiger partial charge in [-0.15, -0.1) is 10.2 Å². The topological polar surface area (TPSA) is 103 Å². The summed E-state index contributed by atoms with van der Waals surface area (Å²) in [4.78, 5) is 13.4. The number of hydrogen-bond donors (Lipinski definition) is 1. The lowest BCUT2D eigenvalue weighted by Crippen LogP contribution is -2.24. The van der Waals surface area contributed by atoms with Crippen LogP contribution in [0.1, 0.15) is 11.3 Å². The van der Waals surface area contributed by atoms with Crippen LogP contribution in [0.5, 0.6) is 0 Å². The van der Waals surface area contributed by atoms with E-state index in [2.05, 4.69) is 31.0 Å². The third kappa shape index (κ3) is 4.79. The molecule has 1 N–H and O–H groups in total. The Morgan fingerprint density at radius 1 is 1.13 bits per heavy atom. The molecule has 0 bridgehead atoms. The van der Waals surface area contributed by atoms with E-state index < -0.39 is 5.91 Å². The summed E-state index contributed by atoms with van der Waals surface area (Å²) in [6, 6.07) is 16.5. The molecule has 0 aliphatic heterocycles. The van der Waals surface area contributed by atoms with Gasteiger partial charge in [-0.1, -0.05) is 59.6 Å². The number of halogens is 2. The molecular formula is C20H16Cl2N8O. The maximum absolute atomic E-state index is 12.2. The molecule has 0 saturated carbocycles. The summed E-state index contributed by atoms with van der Waals surface area (Å²) in [5.74, 6) is 0.0250. The Balaban J connectivity index is 1.41. The number of tetrazole rings is 1. The Kier molecular flexibility index (Phi) is 6.06. The van der Waals surface area contributed by atoms with Gasteiger partial charge in [0.2, 0.25) is 5.82 Å². The summed E-state index contributed by atoms with van der Waals surface area (Å²) in [6.45, 7) is 1.66. The highest BCUT2D eigenvalue weighted by molar-refractivity contribution is 6.32. The molecule has 0 radical (unpaired) electrons. The first-order valence-corrected chi connectivity index (χ1v) is 9.93. The summed E-state index contributed by atoms with van der Waals surface area (Å²) >= 11 is 12.5. The van der Waals surface area contributed by atoms with Gasteiger partial charge in [-0.2, -0.15) is 15.0 Å². The van der Waals surface area contributed by atoms with Gasteiger partial charge in [0, 0.05) is 10.6 Å². The van der Waals surface area contributed by atoms with Gasteiger partial charge in [0.05, 0.1) is 23.2 Å². The number of carbonyl (C=O) groups is 1. The quantitative estimate of drug-likeness (QED) is 0.355. The predicted octanol–water partition coefficient (Wildman–Crippen LogP) is 3.29. The number of carbonyl (C=O) groups excluding carboxylic acids is 1. The van der Waals surface area contributed by atoms with Crippen molar-refractivity contribution in [2.45, 2.75) is 13.5 Å². The number of hydrogen-bond acceptors (Lipinski definition) is 6. The summed E-state index contributed by atoms with van der Waals surface area (Å²) < 4.78 is 1.55. The zero-order valence-electron chi connectivity index (χ0n) is 16.3. The van der Waals surface area contributed by atoms with Crippen LogP contribution in [-0.4, -0.2) is 42.1 Å². The van der Waals surface area contributed by atoms with Crippen LogP contribution in [0.4, 0.5) is 0 Å². The summed E-state index contributed by atoms with van der Waals surface area (Å²) in [5.41, 5.74) is 5.18. The van der Waals surface area contributed by atoms with Crippen LogP contribution in [0.2, 0.25) is 10.2 Å². The zero-order valence-corrected chi connectivity index (χ0v) is 17.8. The van der Waals surface area contributed by atoms with Gasteiger partial charge < -0.3 is 0 Å². The molecule has 11 heteroatoms. The summed E-state index contributed by atoms with van der Waals surface area (Å²) in [5, 5.41) is 21.3. The number of hydrazone groups is 1. The number of nitrogens with one attached hydrogen (secondary N) is 1. The van der Waals surface area contributed by atoms with Gasteiger partial charge in [0.15, 0.2) is 0 Å². The fourth-order valence-corrected chi connectivity index (χ4v) is 3.29. The number of nitrogens with zero attached hydrogens (tertiary/aromatic N) is 7. The third-order valence-electron chi connectivity index (χ3n) is 4.25. The second kappa shape index (κ2) is 9.07. The molecule has 31 heavy (non-hydrogen) atoms. The Labute approximate surface area is 187 Å². The van der Waals surface area contributed by atoms with E-state index in [1.165, 1.54) is 11.0 Å². The second-order valence-corrected chi connectivity index (χ2v) is 7.28. The van der Waals surface area contributed by atoms with E-state index >= 15 is 0 Å². The highest BCUT2D eigenvalue weighted by Gasteiger charge is 2.14. The van der Waals surface area contributed by atoms with E-state index in [1.807, 2.05) is 36.4 Å². The highest BCUT2D eigenvalue weighted by atomic mass is 35.5. The monoisotopic (exact) mass is 454 g/mol. The Morgan fingerprint density at radius 2 is 1.94 bits per heavy atom. The molecule has 1 amide bonds. The molecule has 0 atom stereocenters. The number of benzene rings is 2. The highest BCUT2D eigenvalue weighted by Crippen LogP contribution is 2.23. The minimum atomic E-state index is -0.413. The lowest BCUT2D eigenvalue weighted by Gasteiger charge is -2.03. The van der Waals surface area contributed by atoms with Crippen molar-refractivity contribution in [1.29, 1.82) is 0 Å². The number of aromatic nitrogens is 6. The maximum atomic E-state index is 12.2. The second-order valence-electron chi connectivity index (χ2n) is 6.48. The third-order valence-corrected chi connectivity index (χ3v) is 4.85. The van der Waals surface area contributed by atoms with Crippen LogP contribution in [-0.2, 0) is 11.3 Å². The first-order valence-electron chi connectivity index (χ1n) is 9.17. The SMILES string of the molecule is Cc1nn(-c2cccc(Cl)c2)c(Cl)c1/C=N/NC(=O)Cn1nnc(-c2ccccc2)n1. The first-order chi connectivity index (χ1) is 15.0. The molecule has 0 saturated heterocycles. The summed E-state index contributed by atoms with van der Waals surface area (Å²) in [6.07, 6.45) is 1.44. The summed E-state index contributed by atoms with van der Waals surface area (Å²) in [7, 11) is 0. The molecule has 0 aliphatic carbocycles. The van der Waals surface area contributed by atoms with Gasteiger partial charge >= 0.3 is 0 Å².